The zero-order valence-corrected chi connectivity index (χ0v) is 31.0. The molecule has 2 aliphatic heterocycles. The van der Waals surface area contributed by atoms with E-state index in [2.05, 4.69) is 205 Å². The van der Waals surface area contributed by atoms with E-state index in [4.69, 9.17) is 9.47 Å². The number of fused-ring (bicyclic) bond motifs is 4. The van der Waals surface area contributed by atoms with Crippen LogP contribution in [-0.4, -0.2) is 0 Å². The van der Waals surface area contributed by atoms with Gasteiger partial charge >= 0.3 is 0 Å². The first-order chi connectivity index (χ1) is 28.2. The van der Waals surface area contributed by atoms with Crippen molar-refractivity contribution in [3.05, 3.63) is 212 Å². The van der Waals surface area contributed by atoms with Gasteiger partial charge in [-0.2, -0.15) is 0 Å². The average Bonchev–Trinajstić information content (AvgIpc) is 3.29. The van der Waals surface area contributed by atoms with Crippen LogP contribution in [0.2, 0.25) is 0 Å². The van der Waals surface area contributed by atoms with E-state index in [1.807, 2.05) is 12.1 Å². The van der Waals surface area contributed by atoms with Crippen molar-refractivity contribution >= 4 is 17.1 Å². The van der Waals surface area contributed by atoms with Gasteiger partial charge in [-0.05, 0) is 103 Å². The number of rotatable bonds is 6. The maximum Gasteiger partial charge on any atom is 0.156 e. The lowest BCUT2D eigenvalue weighted by Crippen LogP contribution is -2.20. The number of para-hydroxylation sites is 2. The lowest BCUT2D eigenvalue weighted by Gasteiger charge is -2.38. The van der Waals surface area contributed by atoms with Gasteiger partial charge in [0.25, 0.3) is 0 Å². The van der Waals surface area contributed by atoms with Gasteiger partial charge in [0, 0.05) is 0 Å². The molecule has 0 aliphatic carbocycles. The van der Waals surface area contributed by atoms with Crippen LogP contribution in [0.25, 0.3) is 66.8 Å². The number of hydrogen-bond donors (Lipinski definition) is 0. The van der Waals surface area contributed by atoms with E-state index in [-0.39, 0.29) is 0 Å². The van der Waals surface area contributed by atoms with Crippen molar-refractivity contribution in [2.45, 2.75) is 0 Å². The maximum atomic E-state index is 6.96. The first-order valence-corrected chi connectivity index (χ1v) is 19.3. The van der Waals surface area contributed by atoms with E-state index in [0.717, 1.165) is 73.4 Å². The summed E-state index contributed by atoms with van der Waals surface area (Å²) in [5.74, 6) is 3.10. The molecule has 0 saturated heterocycles. The lowest BCUT2D eigenvalue weighted by molar-refractivity contribution is 0.446. The van der Waals surface area contributed by atoms with Gasteiger partial charge in [0.05, 0.1) is 11.4 Å². The Labute approximate surface area is 332 Å². The average molecular weight is 730 g/mol. The minimum absolute atomic E-state index is 0.751. The fraction of sp³-hybridized carbons (Fsp3) is 0. The number of benzene rings is 9. The van der Waals surface area contributed by atoms with E-state index in [1.165, 1.54) is 33.4 Å². The van der Waals surface area contributed by atoms with Gasteiger partial charge in [0.1, 0.15) is 5.69 Å². The highest BCUT2D eigenvalue weighted by Gasteiger charge is 2.35. The molecule has 268 valence electrons. The molecule has 0 aromatic heterocycles. The first-order valence-electron chi connectivity index (χ1n) is 19.3. The molecule has 57 heavy (non-hydrogen) atoms. The summed E-state index contributed by atoms with van der Waals surface area (Å²) >= 11 is 0. The van der Waals surface area contributed by atoms with Gasteiger partial charge in [-0.25, -0.2) is 0 Å². The van der Waals surface area contributed by atoms with Crippen molar-refractivity contribution in [1.82, 2.24) is 0 Å². The predicted molar refractivity (Wildman–Crippen MR) is 234 cm³/mol. The molecule has 2 aliphatic rings. The largest absolute Gasteiger partial charge is 0.453 e. The van der Waals surface area contributed by atoms with Gasteiger partial charge in [-0.1, -0.05) is 176 Å². The summed E-state index contributed by atoms with van der Waals surface area (Å²) in [5, 5.41) is 0. The summed E-state index contributed by atoms with van der Waals surface area (Å²) in [4.78, 5) is 2.29. The van der Waals surface area contributed by atoms with Crippen molar-refractivity contribution in [2.24, 2.45) is 0 Å². The van der Waals surface area contributed by atoms with Gasteiger partial charge in [0.15, 0.2) is 23.0 Å². The van der Waals surface area contributed by atoms with Crippen molar-refractivity contribution < 1.29 is 9.47 Å². The highest BCUT2D eigenvalue weighted by atomic mass is 16.5. The smallest absolute Gasteiger partial charge is 0.156 e. The Bertz CT molecular complexity index is 2940. The molecule has 3 nitrogen and oxygen atoms in total. The van der Waals surface area contributed by atoms with Crippen molar-refractivity contribution in [3.63, 3.8) is 0 Å². The number of hydrogen-bond acceptors (Lipinski definition) is 3. The van der Waals surface area contributed by atoms with Gasteiger partial charge in [-0.15, -0.1) is 0 Å². The normalized spacial score (nSPS) is 12.1. The molecular formula is C54H35NO2. The Morgan fingerprint density at radius 2 is 0.614 bits per heavy atom. The van der Waals surface area contributed by atoms with Crippen LogP contribution in [0.15, 0.2) is 212 Å². The number of anilines is 3. The minimum atomic E-state index is 0.751. The Hall–Kier alpha value is -7.62. The molecular weight excluding hydrogens is 695 g/mol. The number of nitrogens with zero attached hydrogens (tertiary/aromatic N) is 1. The predicted octanol–water partition coefficient (Wildman–Crippen LogP) is 15.4. The molecule has 0 fully saturated rings. The molecule has 9 aromatic rings. The van der Waals surface area contributed by atoms with Gasteiger partial charge in [0.2, 0.25) is 0 Å². The zero-order chi connectivity index (χ0) is 37.7. The van der Waals surface area contributed by atoms with Crippen LogP contribution in [0, 0.1) is 0 Å². The minimum Gasteiger partial charge on any atom is -0.453 e. The molecule has 0 unspecified atom stereocenters. The molecule has 11 rings (SSSR count). The highest BCUT2D eigenvalue weighted by Crippen LogP contribution is 2.61. The van der Waals surface area contributed by atoms with E-state index < -0.39 is 0 Å². The van der Waals surface area contributed by atoms with Crippen LogP contribution in [0.3, 0.4) is 0 Å². The van der Waals surface area contributed by atoms with Crippen LogP contribution in [0.4, 0.5) is 17.1 Å². The quantitative estimate of drug-likeness (QED) is 0.170. The topological polar surface area (TPSA) is 21.7 Å². The van der Waals surface area contributed by atoms with Gasteiger partial charge < -0.3 is 9.47 Å². The third-order valence-electron chi connectivity index (χ3n) is 11.1. The van der Waals surface area contributed by atoms with Gasteiger partial charge in [-0.3, -0.25) is 4.90 Å². The molecule has 2 heterocycles. The van der Waals surface area contributed by atoms with E-state index in [1.54, 1.807) is 0 Å². The fourth-order valence-corrected chi connectivity index (χ4v) is 8.32. The lowest BCUT2D eigenvalue weighted by atomic mass is 9.92. The second-order valence-electron chi connectivity index (χ2n) is 14.5. The second kappa shape index (κ2) is 13.6. The Morgan fingerprint density at radius 3 is 1.18 bits per heavy atom. The molecule has 9 aromatic carbocycles. The highest BCUT2D eigenvalue weighted by molar-refractivity contribution is 5.97. The van der Waals surface area contributed by atoms with Crippen molar-refractivity contribution in [3.8, 4) is 89.8 Å². The summed E-state index contributed by atoms with van der Waals surface area (Å²) in [6, 6.07) is 75.0. The second-order valence-corrected chi connectivity index (χ2v) is 14.5. The molecule has 0 amide bonds. The van der Waals surface area contributed by atoms with Crippen LogP contribution < -0.4 is 14.4 Å². The molecule has 3 heteroatoms. The van der Waals surface area contributed by atoms with Crippen molar-refractivity contribution in [1.29, 1.82) is 0 Å². The van der Waals surface area contributed by atoms with Crippen LogP contribution in [0.5, 0.6) is 23.0 Å². The van der Waals surface area contributed by atoms with E-state index in [0.29, 0.717) is 0 Å². The molecule has 0 bridgehead atoms. The fourth-order valence-electron chi connectivity index (χ4n) is 8.32. The van der Waals surface area contributed by atoms with Crippen LogP contribution >= 0.6 is 0 Å². The standard InChI is InChI=1S/C54H35NO2/c1-3-13-36(14-4-1)38-23-27-40(28-24-38)44-17-7-9-19-46(44)42-31-32-49-51(33-42)57-53-35-43(34-52-54(53)55(49)48-21-11-12-22-50(48)56-52)47-20-10-8-18-45(47)41-29-25-39(26-30-41)37-15-5-2-6-16-37/h1-35H. The summed E-state index contributed by atoms with van der Waals surface area (Å²) in [6.45, 7) is 0. The summed E-state index contributed by atoms with van der Waals surface area (Å²) in [5.41, 5.74) is 16.6. The third kappa shape index (κ3) is 5.76. The van der Waals surface area contributed by atoms with E-state index in [9.17, 15) is 0 Å². The Kier molecular flexibility index (Phi) is 7.82. The molecule has 0 saturated carbocycles. The molecule has 0 N–H and O–H groups in total. The van der Waals surface area contributed by atoms with Crippen molar-refractivity contribution in [2.75, 3.05) is 4.90 Å². The third-order valence-corrected chi connectivity index (χ3v) is 11.1. The summed E-state index contributed by atoms with van der Waals surface area (Å²) in [6.07, 6.45) is 0. The van der Waals surface area contributed by atoms with Crippen LogP contribution in [-0.2, 0) is 0 Å². The summed E-state index contributed by atoms with van der Waals surface area (Å²) < 4.78 is 13.6. The number of ether oxygens (including phenoxy) is 2. The first kappa shape index (κ1) is 32.8. The SMILES string of the molecule is c1ccc(-c2ccc(-c3ccccc3-c3ccc4c(c3)Oc3cc(-c5ccccc5-c5ccc(-c6ccccc6)cc5)cc5c3N4c3ccccc3O5)cc2)cc1. The van der Waals surface area contributed by atoms with E-state index >= 15 is 0 Å². The van der Waals surface area contributed by atoms with Crippen LogP contribution in [0.1, 0.15) is 0 Å². The Balaban J connectivity index is 0.999. The Morgan fingerprint density at radius 1 is 0.246 bits per heavy atom. The summed E-state index contributed by atoms with van der Waals surface area (Å²) in [7, 11) is 0. The maximum absolute atomic E-state index is 6.96. The monoisotopic (exact) mass is 729 g/mol. The molecule has 0 radical (unpaired) electrons. The molecule has 0 spiro atoms. The molecule has 0 atom stereocenters. The zero-order valence-electron chi connectivity index (χ0n) is 31.0.